The molecule has 28 heavy (non-hydrogen) atoms. The quantitative estimate of drug-likeness (QED) is 0.372. The molecule has 3 rings (SSSR count). The number of amides is 1. The number of phenolic OH excluding ortho intramolecular Hbond substituents is 2. The summed E-state index contributed by atoms with van der Waals surface area (Å²) in [7, 11) is 0. The van der Waals surface area contributed by atoms with Crippen LogP contribution < -0.4 is 11.0 Å². The van der Waals surface area contributed by atoms with E-state index in [1.165, 1.54) is 6.07 Å². The molecule has 0 aliphatic heterocycles. The fraction of sp³-hybridized carbons (Fsp3) is 0.111. The number of hydrogen-bond acceptors (Lipinski definition) is 6. The van der Waals surface area contributed by atoms with Crippen LogP contribution in [0.2, 0.25) is 10.0 Å². The predicted molar refractivity (Wildman–Crippen MR) is 106 cm³/mol. The number of halogens is 2. The van der Waals surface area contributed by atoms with Gasteiger partial charge in [0.2, 0.25) is 5.91 Å². The molecule has 0 fully saturated rings. The first kappa shape index (κ1) is 19.7. The maximum Gasteiger partial charge on any atom is 0.270 e. The molecule has 0 radical (unpaired) electrons. The van der Waals surface area contributed by atoms with Crippen molar-refractivity contribution in [1.82, 2.24) is 15.4 Å². The van der Waals surface area contributed by atoms with Crippen molar-refractivity contribution in [3.05, 3.63) is 62.0 Å². The summed E-state index contributed by atoms with van der Waals surface area (Å²) in [6.07, 6.45) is 1.24. The molecule has 0 bridgehead atoms. The number of hydrogen-bond donors (Lipinski definition) is 4. The molecule has 8 nitrogen and oxygen atoms in total. The number of carbonyl (C=O) groups excluding carboxylic acids is 1. The molecule has 0 spiro atoms. The molecule has 1 heterocycles. The third kappa shape index (κ3) is 4.24. The van der Waals surface area contributed by atoms with Crippen LogP contribution in [0.3, 0.4) is 0 Å². The smallest absolute Gasteiger partial charge is 0.270 e. The van der Waals surface area contributed by atoms with Gasteiger partial charge in [0.1, 0.15) is 16.5 Å². The van der Waals surface area contributed by atoms with Gasteiger partial charge in [0.15, 0.2) is 5.75 Å². The maximum atomic E-state index is 12.0. The van der Waals surface area contributed by atoms with Crippen molar-refractivity contribution in [2.75, 3.05) is 0 Å². The van der Waals surface area contributed by atoms with Gasteiger partial charge < -0.3 is 15.2 Å². The van der Waals surface area contributed by atoms with E-state index in [0.29, 0.717) is 11.0 Å². The molecule has 0 saturated carbocycles. The van der Waals surface area contributed by atoms with Crippen molar-refractivity contribution in [3.63, 3.8) is 0 Å². The Balaban J connectivity index is 1.63. The number of aromatic nitrogens is 2. The minimum Gasteiger partial charge on any atom is -0.506 e. The SMILES string of the molecule is O=C(CCc1nc2ccccc2[nH]c1=O)N/N=C\c1cc(Cl)c(O)c(Cl)c1O. The van der Waals surface area contributed by atoms with Gasteiger partial charge in [0, 0.05) is 18.4 Å². The van der Waals surface area contributed by atoms with E-state index in [1.807, 2.05) is 0 Å². The molecule has 4 N–H and O–H groups in total. The standard InChI is InChI=1S/C18H14Cl2N4O4/c19-10-7-9(16(26)15(20)17(10)27)8-21-24-14(25)6-5-13-18(28)23-12-4-2-1-3-11(12)22-13/h1-4,7-8,26-27H,5-6H2,(H,23,28)(H,24,25)/b21-8-. The zero-order valence-corrected chi connectivity index (χ0v) is 15.8. The largest absolute Gasteiger partial charge is 0.506 e. The average molecular weight is 421 g/mol. The second kappa shape index (κ2) is 8.28. The van der Waals surface area contributed by atoms with Gasteiger partial charge in [-0.2, -0.15) is 5.10 Å². The Labute approximate surface area is 168 Å². The highest BCUT2D eigenvalue weighted by Gasteiger charge is 2.13. The Morgan fingerprint density at radius 1 is 1.25 bits per heavy atom. The summed E-state index contributed by atoms with van der Waals surface area (Å²) >= 11 is 11.5. The van der Waals surface area contributed by atoms with Crippen LogP contribution in [-0.2, 0) is 11.2 Å². The van der Waals surface area contributed by atoms with E-state index >= 15 is 0 Å². The Morgan fingerprint density at radius 2 is 2.00 bits per heavy atom. The van der Waals surface area contributed by atoms with Crippen LogP contribution in [-0.4, -0.2) is 32.3 Å². The first-order valence-corrected chi connectivity index (χ1v) is 8.82. The summed E-state index contributed by atoms with van der Waals surface area (Å²) in [4.78, 5) is 30.9. The number of phenols is 2. The van der Waals surface area contributed by atoms with E-state index in [1.54, 1.807) is 24.3 Å². The topological polar surface area (TPSA) is 128 Å². The van der Waals surface area contributed by atoms with Gasteiger partial charge >= 0.3 is 0 Å². The number of hydrazone groups is 1. The van der Waals surface area contributed by atoms with E-state index in [2.05, 4.69) is 20.5 Å². The van der Waals surface area contributed by atoms with E-state index < -0.39 is 17.4 Å². The number of aromatic amines is 1. The van der Waals surface area contributed by atoms with Crippen LogP contribution >= 0.6 is 23.2 Å². The summed E-state index contributed by atoms with van der Waals surface area (Å²) < 4.78 is 0. The van der Waals surface area contributed by atoms with Crippen LogP contribution in [0.1, 0.15) is 17.7 Å². The summed E-state index contributed by atoms with van der Waals surface area (Å²) in [5, 5.41) is 22.7. The van der Waals surface area contributed by atoms with Crippen LogP contribution in [0.15, 0.2) is 40.2 Å². The minimum atomic E-state index is -0.457. The lowest BCUT2D eigenvalue weighted by Gasteiger charge is -2.06. The molecule has 0 aliphatic rings. The summed E-state index contributed by atoms with van der Waals surface area (Å²) in [5.74, 6) is -1.33. The first-order valence-electron chi connectivity index (χ1n) is 8.06. The number of para-hydroxylation sites is 2. The van der Waals surface area contributed by atoms with Crippen LogP contribution in [0.4, 0.5) is 0 Å². The number of benzene rings is 2. The Morgan fingerprint density at radius 3 is 2.79 bits per heavy atom. The van der Waals surface area contributed by atoms with Crippen LogP contribution in [0.25, 0.3) is 11.0 Å². The molecule has 0 atom stereocenters. The van der Waals surface area contributed by atoms with E-state index in [0.717, 1.165) is 6.21 Å². The summed E-state index contributed by atoms with van der Waals surface area (Å²) in [6, 6.07) is 8.34. The second-order valence-electron chi connectivity index (χ2n) is 5.78. The fourth-order valence-corrected chi connectivity index (χ4v) is 2.89. The number of rotatable bonds is 5. The van der Waals surface area contributed by atoms with Crippen molar-refractivity contribution in [3.8, 4) is 11.5 Å². The summed E-state index contributed by atoms with van der Waals surface area (Å²) in [5.41, 5.74) is 3.52. The van der Waals surface area contributed by atoms with Crippen molar-refractivity contribution in [2.24, 2.45) is 5.10 Å². The number of H-pyrrole nitrogens is 1. The van der Waals surface area contributed by atoms with Crippen molar-refractivity contribution in [2.45, 2.75) is 12.8 Å². The molecule has 0 saturated heterocycles. The second-order valence-corrected chi connectivity index (χ2v) is 6.57. The Hall–Kier alpha value is -3.10. The Bertz CT molecular complexity index is 1140. The molecule has 144 valence electrons. The van der Waals surface area contributed by atoms with Crippen molar-refractivity contribution in [1.29, 1.82) is 0 Å². The first-order chi connectivity index (χ1) is 13.4. The number of carbonyl (C=O) groups is 1. The minimum absolute atomic E-state index is 0.0190. The lowest BCUT2D eigenvalue weighted by Crippen LogP contribution is -2.21. The molecule has 0 unspecified atom stereocenters. The lowest BCUT2D eigenvalue weighted by molar-refractivity contribution is -0.121. The average Bonchev–Trinajstić information content (AvgIpc) is 2.68. The monoisotopic (exact) mass is 420 g/mol. The third-order valence-corrected chi connectivity index (χ3v) is 4.50. The third-order valence-electron chi connectivity index (χ3n) is 3.85. The maximum absolute atomic E-state index is 12.0. The molecular weight excluding hydrogens is 407 g/mol. The number of nitrogens with zero attached hydrogens (tertiary/aromatic N) is 2. The molecule has 1 amide bonds. The highest BCUT2D eigenvalue weighted by molar-refractivity contribution is 6.38. The van der Waals surface area contributed by atoms with E-state index in [9.17, 15) is 19.8 Å². The van der Waals surface area contributed by atoms with Gasteiger partial charge in [-0.3, -0.25) is 9.59 Å². The van der Waals surface area contributed by atoms with Gasteiger partial charge in [0.05, 0.1) is 22.3 Å². The van der Waals surface area contributed by atoms with Crippen molar-refractivity contribution >= 4 is 46.4 Å². The normalized spacial score (nSPS) is 11.2. The number of nitrogens with one attached hydrogen (secondary N) is 2. The van der Waals surface area contributed by atoms with Gasteiger partial charge in [-0.15, -0.1) is 0 Å². The lowest BCUT2D eigenvalue weighted by atomic mass is 10.2. The molecule has 1 aromatic heterocycles. The molecule has 2 aromatic carbocycles. The highest BCUT2D eigenvalue weighted by atomic mass is 35.5. The zero-order valence-electron chi connectivity index (χ0n) is 14.2. The van der Waals surface area contributed by atoms with E-state index in [4.69, 9.17) is 23.2 Å². The predicted octanol–water partition coefficient (Wildman–Crippen LogP) is 2.72. The molecular formula is C18H14Cl2N4O4. The van der Waals surface area contributed by atoms with Gasteiger partial charge in [-0.1, -0.05) is 35.3 Å². The number of fused-ring (bicyclic) bond motifs is 1. The zero-order chi connectivity index (χ0) is 20.3. The highest BCUT2D eigenvalue weighted by Crippen LogP contribution is 2.40. The van der Waals surface area contributed by atoms with Gasteiger partial charge in [0.25, 0.3) is 5.56 Å². The van der Waals surface area contributed by atoms with Gasteiger partial charge in [-0.25, -0.2) is 10.4 Å². The fourth-order valence-electron chi connectivity index (χ4n) is 2.41. The summed E-state index contributed by atoms with van der Waals surface area (Å²) in [6.45, 7) is 0. The van der Waals surface area contributed by atoms with Crippen molar-refractivity contribution < 1.29 is 15.0 Å². The Kier molecular flexibility index (Phi) is 5.81. The van der Waals surface area contributed by atoms with E-state index in [-0.39, 0.29) is 39.7 Å². The molecule has 0 aliphatic carbocycles. The van der Waals surface area contributed by atoms with Gasteiger partial charge in [-0.05, 0) is 18.2 Å². The van der Waals surface area contributed by atoms with Crippen LogP contribution in [0.5, 0.6) is 11.5 Å². The molecule has 3 aromatic rings. The molecule has 10 heteroatoms. The van der Waals surface area contributed by atoms with Crippen LogP contribution in [0, 0.1) is 0 Å². The number of aromatic hydroxyl groups is 2. The number of aryl methyl sites for hydroxylation is 1.